The molecule has 2 fully saturated rings. The molecule has 2 rings (SSSR count). The Morgan fingerprint density at radius 2 is 2.18 bits per heavy atom. The minimum Gasteiger partial charge on any atom is -0.354 e. The zero-order valence-corrected chi connectivity index (χ0v) is 11.0. The van der Waals surface area contributed by atoms with Gasteiger partial charge in [-0.3, -0.25) is 4.79 Å². The predicted molar refractivity (Wildman–Crippen MR) is 69.8 cm³/mol. The van der Waals surface area contributed by atoms with Crippen LogP contribution in [0.15, 0.2) is 0 Å². The maximum atomic E-state index is 11.8. The molecule has 1 amide bonds. The van der Waals surface area contributed by atoms with Gasteiger partial charge in [-0.2, -0.15) is 0 Å². The summed E-state index contributed by atoms with van der Waals surface area (Å²) >= 11 is 0. The maximum absolute atomic E-state index is 11.8. The first-order valence-electron chi connectivity index (χ1n) is 7.24. The minimum atomic E-state index is 0.253. The number of hydrogen-bond acceptors (Lipinski definition) is 2. The third-order valence-electron chi connectivity index (χ3n) is 3.97. The molecule has 17 heavy (non-hydrogen) atoms. The quantitative estimate of drug-likeness (QED) is 0.744. The SMILES string of the molecule is CC(CC1CC1)NC(=O)CCC1CCCNC1. The highest BCUT2D eigenvalue weighted by Crippen LogP contribution is 2.33. The van der Waals surface area contributed by atoms with Crippen LogP contribution in [-0.2, 0) is 4.79 Å². The van der Waals surface area contributed by atoms with Crippen LogP contribution in [0.5, 0.6) is 0 Å². The van der Waals surface area contributed by atoms with Gasteiger partial charge in [-0.15, -0.1) is 0 Å². The van der Waals surface area contributed by atoms with E-state index in [2.05, 4.69) is 17.6 Å². The largest absolute Gasteiger partial charge is 0.354 e. The normalized spacial score (nSPS) is 26.5. The van der Waals surface area contributed by atoms with E-state index in [-0.39, 0.29) is 5.91 Å². The third-order valence-corrected chi connectivity index (χ3v) is 3.97. The van der Waals surface area contributed by atoms with Gasteiger partial charge in [-0.1, -0.05) is 12.8 Å². The van der Waals surface area contributed by atoms with E-state index in [0.717, 1.165) is 25.4 Å². The van der Waals surface area contributed by atoms with Crippen molar-refractivity contribution < 1.29 is 4.79 Å². The number of hydrogen-bond donors (Lipinski definition) is 2. The lowest BCUT2D eigenvalue weighted by molar-refractivity contribution is -0.122. The van der Waals surface area contributed by atoms with Crippen LogP contribution >= 0.6 is 0 Å². The molecule has 1 heterocycles. The Morgan fingerprint density at radius 1 is 1.35 bits per heavy atom. The van der Waals surface area contributed by atoms with Crippen molar-refractivity contribution in [3.63, 3.8) is 0 Å². The Bertz CT molecular complexity index is 245. The van der Waals surface area contributed by atoms with Crippen molar-refractivity contribution in [1.82, 2.24) is 10.6 Å². The number of nitrogens with one attached hydrogen (secondary N) is 2. The fraction of sp³-hybridized carbons (Fsp3) is 0.929. The Morgan fingerprint density at radius 3 is 2.82 bits per heavy atom. The van der Waals surface area contributed by atoms with Gasteiger partial charge in [-0.25, -0.2) is 0 Å². The molecule has 0 aromatic rings. The van der Waals surface area contributed by atoms with Crippen LogP contribution in [0.4, 0.5) is 0 Å². The minimum absolute atomic E-state index is 0.253. The molecular formula is C14H26N2O. The van der Waals surface area contributed by atoms with Crippen LogP contribution in [0.2, 0.25) is 0 Å². The summed E-state index contributed by atoms with van der Waals surface area (Å²) in [4.78, 5) is 11.8. The van der Waals surface area contributed by atoms with Crippen LogP contribution in [-0.4, -0.2) is 25.0 Å². The topological polar surface area (TPSA) is 41.1 Å². The van der Waals surface area contributed by atoms with Crippen molar-refractivity contribution in [2.45, 2.75) is 57.9 Å². The summed E-state index contributed by atoms with van der Waals surface area (Å²) in [5.41, 5.74) is 0. The van der Waals surface area contributed by atoms with Crippen molar-refractivity contribution in [2.75, 3.05) is 13.1 Å². The molecule has 3 nitrogen and oxygen atoms in total. The molecule has 3 heteroatoms. The first kappa shape index (κ1) is 12.9. The van der Waals surface area contributed by atoms with Crippen molar-refractivity contribution in [1.29, 1.82) is 0 Å². The van der Waals surface area contributed by atoms with Crippen molar-refractivity contribution in [2.24, 2.45) is 11.8 Å². The number of rotatable bonds is 6. The summed E-state index contributed by atoms with van der Waals surface area (Å²) in [7, 11) is 0. The Balaban J connectivity index is 1.55. The summed E-state index contributed by atoms with van der Waals surface area (Å²) in [6.45, 7) is 4.39. The monoisotopic (exact) mass is 238 g/mol. The fourth-order valence-electron chi connectivity index (χ4n) is 2.77. The van der Waals surface area contributed by atoms with E-state index in [1.807, 2.05) is 0 Å². The second-order valence-corrected chi connectivity index (χ2v) is 5.90. The number of carbonyl (C=O) groups excluding carboxylic acids is 1. The molecule has 0 aromatic heterocycles. The summed E-state index contributed by atoms with van der Waals surface area (Å²) < 4.78 is 0. The van der Waals surface area contributed by atoms with E-state index in [1.165, 1.54) is 32.1 Å². The van der Waals surface area contributed by atoms with Crippen molar-refractivity contribution in [3.8, 4) is 0 Å². The van der Waals surface area contributed by atoms with Gasteiger partial charge in [0.2, 0.25) is 5.91 Å². The van der Waals surface area contributed by atoms with Gasteiger partial charge in [0.05, 0.1) is 0 Å². The Kier molecular flexibility index (Phi) is 4.84. The van der Waals surface area contributed by atoms with Gasteiger partial charge in [0, 0.05) is 12.5 Å². The lowest BCUT2D eigenvalue weighted by Gasteiger charge is -2.22. The molecule has 1 aliphatic carbocycles. The van der Waals surface area contributed by atoms with Gasteiger partial charge >= 0.3 is 0 Å². The molecule has 0 spiro atoms. The van der Waals surface area contributed by atoms with Crippen molar-refractivity contribution >= 4 is 5.91 Å². The first-order chi connectivity index (χ1) is 8.24. The van der Waals surface area contributed by atoms with Gasteiger partial charge in [0.15, 0.2) is 0 Å². The summed E-state index contributed by atoms with van der Waals surface area (Å²) in [5, 5.41) is 6.53. The van der Waals surface area contributed by atoms with E-state index in [0.29, 0.717) is 18.4 Å². The Labute approximate surface area is 105 Å². The number of piperidine rings is 1. The first-order valence-corrected chi connectivity index (χ1v) is 7.24. The van der Waals surface area contributed by atoms with E-state index in [4.69, 9.17) is 0 Å². The van der Waals surface area contributed by atoms with Gasteiger partial charge in [-0.05, 0) is 57.5 Å². The van der Waals surface area contributed by atoms with Gasteiger partial charge in [0.25, 0.3) is 0 Å². The zero-order chi connectivity index (χ0) is 12.1. The van der Waals surface area contributed by atoms with Crippen LogP contribution < -0.4 is 10.6 Å². The van der Waals surface area contributed by atoms with Gasteiger partial charge < -0.3 is 10.6 Å². The molecule has 2 N–H and O–H groups in total. The average molecular weight is 238 g/mol. The predicted octanol–water partition coefficient (Wildman–Crippen LogP) is 2.07. The molecule has 1 saturated carbocycles. The smallest absolute Gasteiger partial charge is 0.220 e. The molecule has 98 valence electrons. The van der Waals surface area contributed by atoms with Crippen LogP contribution in [0.3, 0.4) is 0 Å². The van der Waals surface area contributed by atoms with E-state index in [1.54, 1.807) is 0 Å². The lowest BCUT2D eigenvalue weighted by Crippen LogP contribution is -2.34. The molecular weight excluding hydrogens is 212 g/mol. The number of amides is 1. The summed E-state index contributed by atoms with van der Waals surface area (Å²) in [6, 6.07) is 0.375. The number of carbonyl (C=O) groups is 1. The van der Waals surface area contributed by atoms with Crippen LogP contribution in [0, 0.1) is 11.8 Å². The highest BCUT2D eigenvalue weighted by atomic mass is 16.1. The standard InChI is InChI=1S/C14H26N2O/c1-11(9-12-4-5-12)16-14(17)7-6-13-3-2-8-15-10-13/h11-13,15H,2-10H2,1H3,(H,16,17). The second-order valence-electron chi connectivity index (χ2n) is 5.90. The van der Waals surface area contributed by atoms with Gasteiger partial charge in [0.1, 0.15) is 0 Å². The third kappa shape index (κ3) is 5.07. The highest BCUT2D eigenvalue weighted by Gasteiger charge is 2.24. The maximum Gasteiger partial charge on any atom is 0.220 e. The Hall–Kier alpha value is -0.570. The van der Waals surface area contributed by atoms with Crippen molar-refractivity contribution in [3.05, 3.63) is 0 Å². The molecule has 0 radical (unpaired) electrons. The second kappa shape index (κ2) is 6.39. The highest BCUT2D eigenvalue weighted by molar-refractivity contribution is 5.76. The molecule has 0 bridgehead atoms. The van der Waals surface area contributed by atoms with Crippen LogP contribution in [0.25, 0.3) is 0 Å². The molecule has 2 unspecified atom stereocenters. The van der Waals surface area contributed by atoms with E-state index < -0.39 is 0 Å². The zero-order valence-electron chi connectivity index (χ0n) is 11.0. The lowest BCUT2D eigenvalue weighted by atomic mass is 9.94. The van der Waals surface area contributed by atoms with Crippen LogP contribution in [0.1, 0.15) is 51.9 Å². The molecule has 0 aromatic carbocycles. The van der Waals surface area contributed by atoms with E-state index in [9.17, 15) is 4.79 Å². The molecule has 2 aliphatic rings. The fourth-order valence-corrected chi connectivity index (χ4v) is 2.77. The molecule has 1 aliphatic heterocycles. The molecule has 1 saturated heterocycles. The summed E-state index contributed by atoms with van der Waals surface area (Å²) in [5.74, 6) is 1.87. The summed E-state index contributed by atoms with van der Waals surface area (Å²) in [6.07, 6.45) is 8.23. The van der Waals surface area contributed by atoms with E-state index >= 15 is 0 Å². The molecule has 2 atom stereocenters. The average Bonchev–Trinajstić information content (AvgIpc) is 3.11.